The van der Waals surface area contributed by atoms with E-state index < -0.39 is 29.9 Å². The van der Waals surface area contributed by atoms with Crippen LogP contribution in [0.25, 0.3) is 11.1 Å². The van der Waals surface area contributed by atoms with Crippen molar-refractivity contribution in [1.29, 1.82) is 0 Å². The zero-order valence-electron chi connectivity index (χ0n) is 22.6. The van der Waals surface area contributed by atoms with Crippen LogP contribution in [0, 0.1) is 17.2 Å². The summed E-state index contributed by atoms with van der Waals surface area (Å²) in [5.74, 6) is -0.148. The maximum Gasteiger partial charge on any atom is 0.395 e. The maximum absolute atomic E-state index is 14.9. The Kier molecular flexibility index (Phi) is 8.73. The minimum absolute atomic E-state index is 0.0791. The Morgan fingerprint density at radius 1 is 0.950 bits per heavy atom. The number of alkyl halides is 3. The van der Waals surface area contributed by atoms with Gasteiger partial charge in [0.05, 0.1) is 18.1 Å². The number of benzene rings is 2. The fourth-order valence-electron chi connectivity index (χ4n) is 6.40. The molecule has 6 nitrogen and oxygen atoms in total. The van der Waals surface area contributed by atoms with Crippen molar-refractivity contribution in [3.63, 3.8) is 0 Å². The van der Waals surface area contributed by atoms with Gasteiger partial charge in [0.15, 0.2) is 11.6 Å². The second kappa shape index (κ2) is 11.9. The standard InChI is InChI=1S/C30H39F4N3O3/c31-24-17-23(21-4-6-22(7-5-21)28(39)37-14-1-3-25(37)27(35)38)8-9-26(24)40-18-20-10-15-36(16-11-20)19-29(12-2-13-29)30(32,33)34/h4-9,17,20,25,27-28,38-39H,1-3,10-16,18-19,35H2/t25-,27+,28?/m0/s1. The van der Waals surface area contributed by atoms with Gasteiger partial charge in [-0.2, -0.15) is 13.2 Å². The molecular formula is C30H39F4N3O3. The van der Waals surface area contributed by atoms with Crippen LogP contribution in [-0.4, -0.2) is 71.2 Å². The number of piperidine rings is 1. The van der Waals surface area contributed by atoms with Crippen molar-refractivity contribution < 1.29 is 32.5 Å². The normalized spacial score (nSPS) is 24.0. The lowest BCUT2D eigenvalue weighted by atomic mass is 9.67. The van der Waals surface area contributed by atoms with Crippen molar-refractivity contribution in [1.82, 2.24) is 9.80 Å². The molecule has 1 unspecified atom stereocenters. The number of aliphatic hydroxyl groups is 2. The molecule has 0 amide bonds. The van der Waals surface area contributed by atoms with Gasteiger partial charge in [-0.15, -0.1) is 0 Å². The summed E-state index contributed by atoms with van der Waals surface area (Å²) in [7, 11) is 0. The highest BCUT2D eigenvalue weighted by atomic mass is 19.4. The number of aliphatic hydroxyl groups excluding tert-OH is 2. The van der Waals surface area contributed by atoms with Crippen LogP contribution >= 0.6 is 0 Å². The molecule has 0 bridgehead atoms. The van der Waals surface area contributed by atoms with Crippen molar-refractivity contribution in [2.75, 3.05) is 32.8 Å². The SMILES string of the molecule is N[C@H](O)[C@@H]1CCCN1C(O)c1ccc(-c2ccc(OCC3CCN(CC4(C(F)(F)F)CCC4)CC3)c(F)c2)cc1. The Bertz CT molecular complexity index is 1130. The quantitative estimate of drug-likeness (QED) is 0.292. The topological polar surface area (TPSA) is 82.2 Å². The number of hydrogen-bond donors (Lipinski definition) is 3. The van der Waals surface area contributed by atoms with Crippen molar-refractivity contribution in [2.24, 2.45) is 17.1 Å². The molecule has 0 aromatic heterocycles. The van der Waals surface area contributed by atoms with Gasteiger partial charge in [0, 0.05) is 13.1 Å². The highest BCUT2D eigenvalue weighted by Gasteiger charge is 2.58. The number of nitrogens with zero attached hydrogens (tertiary/aromatic N) is 2. The molecule has 2 aliphatic heterocycles. The van der Waals surface area contributed by atoms with E-state index in [0.29, 0.717) is 43.8 Å². The summed E-state index contributed by atoms with van der Waals surface area (Å²) in [6.45, 7) is 2.25. The van der Waals surface area contributed by atoms with Crippen LogP contribution in [0.4, 0.5) is 17.6 Å². The molecule has 3 fully saturated rings. The number of nitrogens with two attached hydrogens (primary N) is 1. The Morgan fingerprint density at radius 3 is 2.20 bits per heavy atom. The zero-order valence-corrected chi connectivity index (χ0v) is 22.6. The van der Waals surface area contributed by atoms with Crippen molar-refractivity contribution in [2.45, 2.75) is 69.6 Å². The van der Waals surface area contributed by atoms with Crippen LogP contribution < -0.4 is 10.5 Å². The summed E-state index contributed by atoms with van der Waals surface area (Å²) >= 11 is 0. The lowest BCUT2D eigenvalue weighted by Gasteiger charge is -2.47. The van der Waals surface area contributed by atoms with E-state index >= 15 is 0 Å². The lowest BCUT2D eigenvalue weighted by molar-refractivity contribution is -0.256. The second-order valence-corrected chi connectivity index (χ2v) is 11.7. The third-order valence-electron chi connectivity index (χ3n) is 9.14. The molecule has 3 aliphatic rings. The van der Waals surface area contributed by atoms with Crippen LogP contribution in [0.1, 0.15) is 56.7 Å². The van der Waals surface area contributed by atoms with Gasteiger partial charge in [-0.1, -0.05) is 36.8 Å². The van der Waals surface area contributed by atoms with Gasteiger partial charge in [0.2, 0.25) is 0 Å². The van der Waals surface area contributed by atoms with Gasteiger partial charge >= 0.3 is 6.18 Å². The molecular weight excluding hydrogens is 526 g/mol. The molecule has 2 heterocycles. The molecule has 2 aromatic carbocycles. The summed E-state index contributed by atoms with van der Waals surface area (Å²) in [4.78, 5) is 3.72. The summed E-state index contributed by atoms with van der Waals surface area (Å²) < 4.78 is 61.2. The van der Waals surface area contributed by atoms with Gasteiger partial charge in [-0.05, 0) is 86.4 Å². The number of rotatable bonds is 9. The molecule has 40 heavy (non-hydrogen) atoms. The average molecular weight is 566 g/mol. The minimum Gasteiger partial charge on any atom is -0.490 e. The molecule has 220 valence electrons. The maximum atomic E-state index is 14.9. The fourth-order valence-corrected chi connectivity index (χ4v) is 6.40. The van der Waals surface area contributed by atoms with E-state index in [4.69, 9.17) is 10.5 Å². The molecule has 3 atom stereocenters. The monoisotopic (exact) mass is 565 g/mol. The molecule has 2 saturated heterocycles. The summed E-state index contributed by atoms with van der Waals surface area (Å²) in [5.41, 5.74) is 6.25. The van der Waals surface area contributed by atoms with E-state index in [9.17, 15) is 27.8 Å². The highest BCUT2D eigenvalue weighted by molar-refractivity contribution is 5.64. The summed E-state index contributed by atoms with van der Waals surface area (Å²) in [5, 5.41) is 20.6. The Labute approximate surface area is 232 Å². The first-order valence-electron chi connectivity index (χ1n) is 14.3. The Hall–Kier alpha value is -2.24. The van der Waals surface area contributed by atoms with Gasteiger partial charge in [-0.3, -0.25) is 4.90 Å². The third kappa shape index (κ3) is 6.16. The zero-order chi connectivity index (χ0) is 28.5. The lowest BCUT2D eigenvalue weighted by Crippen LogP contribution is -2.53. The summed E-state index contributed by atoms with van der Waals surface area (Å²) in [6.07, 6.45) is -1.93. The molecule has 0 radical (unpaired) electrons. The average Bonchev–Trinajstić information content (AvgIpc) is 3.40. The Morgan fingerprint density at radius 2 is 1.62 bits per heavy atom. The van der Waals surface area contributed by atoms with Gasteiger partial charge in [0.1, 0.15) is 12.5 Å². The van der Waals surface area contributed by atoms with Crippen molar-refractivity contribution in [3.05, 3.63) is 53.8 Å². The highest BCUT2D eigenvalue weighted by Crippen LogP contribution is 2.53. The van der Waals surface area contributed by atoms with Gasteiger partial charge in [0.25, 0.3) is 0 Å². The molecule has 1 aliphatic carbocycles. The molecule has 2 aromatic rings. The van der Waals surface area contributed by atoms with Crippen LogP contribution in [-0.2, 0) is 0 Å². The van der Waals surface area contributed by atoms with E-state index in [1.807, 2.05) is 17.0 Å². The first-order valence-corrected chi connectivity index (χ1v) is 14.3. The number of likely N-dealkylation sites (tertiary alicyclic amines) is 2. The molecule has 1 saturated carbocycles. The van der Waals surface area contributed by atoms with E-state index in [0.717, 1.165) is 31.2 Å². The number of hydrogen-bond acceptors (Lipinski definition) is 6. The van der Waals surface area contributed by atoms with Crippen LogP contribution in [0.15, 0.2) is 42.5 Å². The van der Waals surface area contributed by atoms with Crippen LogP contribution in [0.3, 0.4) is 0 Å². The predicted octanol–water partition coefficient (Wildman–Crippen LogP) is 5.05. The first kappa shape index (κ1) is 29.3. The minimum atomic E-state index is -4.15. The smallest absolute Gasteiger partial charge is 0.395 e. The van der Waals surface area contributed by atoms with Crippen molar-refractivity contribution in [3.8, 4) is 16.9 Å². The predicted molar refractivity (Wildman–Crippen MR) is 144 cm³/mol. The fraction of sp³-hybridized carbons (Fsp3) is 0.600. The summed E-state index contributed by atoms with van der Waals surface area (Å²) in [6, 6.07) is 11.7. The van der Waals surface area contributed by atoms with Crippen molar-refractivity contribution >= 4 is 0 Å². The van der Waals surface area contributed by atoms with E-state index in [2.05, 4.69) is 0 Å². The van der Waals surface area contributed by atoms with Gasteiger partial charge in [-0.25, -0.2) is 4.39 Å². The Balaban J connectivity index is 1.12. The molecule has 4 N–H and O–H groups in total. The number of ether oxygens (including phenoxy) is 1. The molecule has 10 heteroatoms. The van der Waals surface area contributed by atoms with E-state index in [1.165, 1.54) is 6.07 Å². The molecule has 5 rings (SSSR count). The van der Waals surface area contributed by atoms with Crippen LogP contribution in [0.2, 0.25) is 0 Å². The molecule has 0 spiro atoms. The van der Waals surface area contributed by atoms with E-state index in [1.54, 1.807) is 29.2 Å². The largest absolute Gasteiger partial charge is 0.490 e. The van der Waals surface area contributed by atoms with Crippen LogP contribution in [0.5, 0.6) is 5.75 Å². The second-order valence-electron chi connectivity index (χ2n) is 11.7. The van der Waals surface area contributed by atoms with E-state index in [-0.39, 0.29) is 37.1 Å². The first-order chi connectivity index (χ1) is 19.1. The number of halogens is 4. The third-order valence-corrected chi connectivity index (χ3v) is 9.14. The van der Waals surface area contributed by atoms with Gasteiger partial charge < -0.3 is 25.6 Å².